The SMILES string of the molecule is CC(C)(C)C(=O)/C=c1\s/c(=C/c2ccccc2F)c(=O)n1Cc1cc([N+](=O)[O-])cc2c1OCOC2. The van der Waals surface area contributed by atoms with Gasteiger partial charge in [-0.25, -0.2) is 4.39 Å². The summed E-state index contributed by atoms with van der Waals surface area (Å²) in [6.07, 6.45) is 2.82. The molecule has 0 atom stereocenters. The number of non-ortho nitro benzene ring substituents is 1. The lowest BCUT2D eigenvalue weighted by molar-refractivity contribution is -0.385. The van der Waals surface area contributed by atoms with Crippen molar-refractivity contribution < 1.29 is 23.6 Å². The van der Waals surface area contributed by atoms with Crippen LogP contribution in [0.5, 0.6) is 5.75 Å². The molecular formula is C25H23FN2O6S. The van der Waals surface area contributed by atoms with Gasteiger partial charge in [0.25, 0.3) is 11.2 Å². The maximum atomic E-state index is 14.2. The number of nitro groups is 1. The Hall–Kier alpha value is -3.63. The van der Waals surface area contributed by atoms with Crippen LogP contribution >= 0.6 is 11.3 Å². The van der Waals surface area contributed by atoms with Crippen LogP contribution in [0.2, 0.25) is 0 Å². The zero-order valence-corrected chi connectivity index (χ0v) is 20.2. The summed E-state index contributed by atoms with van der Waals surface area (Å²) in [6.45, 7) is 5.32. The minimum Gasteiger partial charge on any atom is -0.467 e. The first-order valence-electron chi connectivity index (χ1n) is 10.8. The number of carbonyl (C=O) groups is 1. The van der Waals surface area contributed by atoms with Crippen LogP contribution < -0.4 is 19.5 Å². The van der Waals surface area contributed by atoms with Crippen molar-refractivity contribution in [1.82, 2.24) is 4.57 Å². The number of ketones is 1. The number of hydrogen-bond donors (Lipinski definition) is 0. The summed E-state index contributed by atoms with van der Waals surface area (Å²) in [6, 6.07) is 8.78. The Morgan fingerprint density at radius 2 is 2.03 bits per heavy atom. The van der Waals surface area contributed by atoms with Crippen molar-refractivity contribution in [2.24, 2.45) is 5.41 Å². The van der Waals surface area contributed by atoms with Crippen molar-refractivity contribution in [2.75, 3.05) is 6.79 Å². The van der Waals surface area contributed by atoms with Gasteiger partial charge >= 0.3 is 0 Å². The molecule has 2 aromatic carbocycles. The summed E-state index contributed by atoms with van der Waals surface area (Å²) in [5, 5.41) is 11.5. The van der Waals surface area contributed by atoms with Gasteiger partial charge in [-0.15, -0.1) is 11.3 Å². The number of aromatic nitrogens is 1. The molecule has 8 nitrogen and oxygen atoms in total. The monoisotopic (exact) mass is 498 g/mol. The third-order valence-electron chi connectivity index (χ3n) is 5.43. The first kappa shape index (κ1) is 24.5. The highest BCUT2D eigenvalue weighted by Gasteiger charge is 2.23. The molecule has 0 saturated heterocycles. The molecule has 0 aliphatic carbocycles. The van der Waals surface area contributed by atoms with Crippen molar-refractivity contribution in [3.63, 3.8) is 0 Å². The summed E-state index contributed by atoms with van der Waals surface area (Å²) >= 11 is 1.05. The van der Waals surface area contributed by atoms with Crippen LogP contribution in [0.1, 0.15) is 37.5 Å². The standard InChI is InChI=1S/C25H23FN2O6S/c1-25(2,3)21(29)11-22-27(24(30)20(35-22)10-15-6-4-5-7-19(15)26)12-16-8-18(28(31)32)9-17-13-33-14-34-23(16)17/h4-11H,12-14H2,1-3H3/b20-10+,22-11-. The number of nitro benzene ring substituents is 1. The third kappa shape index (κ3) is 5.23. The van der Waals surface area contributed by atoms with Crippen LogP contribution in [0, 0.1) is 21.3 Å². The predicted molar refractivity (Wildman–Crippen MR) is 129 cm³/mol. The number of fused-ring (bicyclic) bond motifs is 1. The second kappa shape index (κ2) is 9.55. The van der Waals surface area contributed by atoms with Crippen molar-refractivity contribution in [3.05, 3.63) is 88.6 Å². The van der Waals surface area contributed by atoms with E-state index in [9.17, 15) is 24.1 Å². The highest BCUT2D eigenvalue weighted by Crippen LogP contribution is 2.32. The fourth-order valence-corrected chi connectivity index (χ4v) is 4.56. The number of Topliss-reactive ketones (excluding diaryl/α,β-unsaturated/α-hetero) is 1. The number of halogens is 1. The Balaban J connectivity index is 1.93. The van der Waals surface area contributed by atoms with Gasteiger partial charge in [0.15, 0.2) is 12.6 Å². The fourth-order valence-electron chi connectivity index (χ4n) is 3.53. The summed E-state index contributed by atoms with van der Waals surface area (Å²) in [7, 11) is 0. The topological polar surface area (TPSA) is 101 Å². The normalized spacial score (nSPS) is 14.5. The number of carbonyl (C=O) groups excluding carboxylic acids is 1. The molecule has 0 bridgehead atoms. The molecule has 2 heterocycles. The molecule has 1 aromatic heterocycles. The highest BCUT2D eigenvalue weighted by molar-refractivity contribution is 7.07. The van der Waals surface area contributed by atoms with Crippen LogP contribution in [0.25, 0.3) is 12.2 Å². The summed E-state index contributed by atoms with van der Waals surface area (Å²) < 4.78 is 27.0. The lowest BCUT2D eigenvalue weighted by Crippen LogP contribution is -2.33. The average Bonchev–Trinajstić information content (AvgIpc) is 3.08. The van der Waals surface area contributed by atoms with Crippen molar-refractivity contribution in [1.29, 1.82) is 0 Å². The number of benzene rings is 2. The lowest BCUT2D eigenvalue weighted by atomic mass is 9.91. The van der Waals surface area contributed by atoms with Crippen LogP contribution in [0.3, 0.4) is 0 Å². The second-order valence-corrected chi connectivity index (χ2v) is 10.1. The lowest BCUT2D eigenvalue weighted by Gasteiger charge is -2.20. The van der Waals surface area contributed by atoms with Gasteiger partial charge in [-0.2, -0.15) is 0 Å². The molecule has 10 heteroatoms. The Morgan fingerprint density at radius 1 is 1.29 bits per heavy atom. The van der Waals surface area contributed by atoms with Gasteiger partial charge in [-0.05, 0) is 12.1 Å². The first-order chi connectivity index (χ1) is 16.5. The quantitative estimate of drug-likeness (QED) is 0.396. The molecule has 3 aromatic rings. The average molecular weight is 499 g/mol. The predicted octanol–water partition coefficient (Wildman–Crippen LogP) is 3.10. The minimum absolute atomic E-state index is 0.0237. The van der Waals surface area contributed by atoms with E-state index in [0.717, 1.165) is 11.3 Å². The van der Waals surface area contributed by atoms with Crippen LogP contribution in [0.4, 0.5) is 10.1 Å². The van der Waals surface area contributed by atoms with E-state index in [1.54, 1.807) is 39.0 Å². The Labute approximate surface area is 203 Å². The minimum atomic E-state index is -0.689. The van der Waals surface area contributed by atoms with Crippen LogP contribution in [0.15, 0.2) is 41.2 Å². The van der Waals surface area contributed by atoms with E-state index in [4.69, 9.17) is 9.47 Å². The van der Waals surface area contributed by atoms with E-state index in [2.05, 4.69) is 0 Å². The Bertz CT molecular complexity index is 1500. The van der Waals surface area contributed by atoms with E-state index in [1.165, 1.54) is 34.9 Å². The van der Waals surface area contributed by atoms with Gasteiger partial charge in [-0.3, -0.25) is 24.3 Å². The van der Waals surface area contributed by atoms with E-state index in [-0.39, 0.29) is 41.5 Å². The van der Waals surface area contributed by atoms with Gasteiger partial charge in [-0.1, -0.05) is 39.0 Å². The molecule has 4 rings (SSSR count). The van der Waals surface area contributed by atoms with Crippen LogP contribution in [-0.2, 0) is 22.7 Å². The molecular weight excluding hydrogens is 475 g/mol. The number of ether oxygens (including phenoxy) is 2. The van der Waals surface area contributed by atoms with Gasteiger partial charge < -0.3 is 9.47 Å². The summed E-state index contributed by atoms with van der Waals surface area (Å²) in [5.74, 6) is -0.271. The number of rotatable bonds is 5. The zero-order valence-electron chi connectivity index (χ0n) is 19.4. The molecule has 1 aliphatic rings. The van der Waals surface area contributed by atoms with Crippen molar-refractivity contribution in [2.45, 2.75) is 33.9 Å². The van der Waals surface area contributed by atoms with E-state index >= 15 is 0 Å². The molecule has 182 valence electrons. The maximum Gasteiger partial charge on any atom is 0.270 e. The van der Waals surface area contributed by atoms with Crippen molar-refractivity contribution in [3.8, 4) is 5.75 Å². The number of nitrogens with zero attached hydrogens (tertiary/aromatic N) is 2. The number of thiazole rings is 1. The Morgan fingerprint density at radius 3 is 2.71 bits per heavy atom. The molecule has 0 unspecified atom stereocenters. The smallest absolute Gasteiger partial charge is 0.270 e. The molecule has 0 amide bonds. The molecule has 0 spiro atoms. The Kier molecular flexibility index (Phi) is 6.68. The molecule has 0 fully saturated rings. The second-order valence-electron chi connectivity index (χ2n) is 9.08. The molecule has 0 saturated carbocycles. The van der Waals surface area contributed by atoms with Gasteiger partial charge in [0, 0.05) is 40.3 Å². The molecule has 1 aliphatic heterocycles. The maximum absolute atomic E-state index is 14.2. The largest absolute Gasteiger partial charge is 0.467 e. The molecule has 35 heavy (non-hydrogen) atoms. The van der Waals surface area contributed by atoms with E-state index in [0.29, 0.717) is 21.5 Å². The summed E-state index contributed by atoms with van der Waals surface area (Å²) in [5.41, 5.74) is -0.152. The fraction of sp³-hybridized carbons (Fsp3) is 0.280. The number of hydrogen-bond acceptors (Lipinski definition) is 7. The molecule has 0 radical (unpaired) electrons. The highest BCUT2D eigenvalue weighted by atomic mass is 32.1. The summed E-state index contributed by atoms with van der Waals surface area (Å²) in [4.78, 5) is 37.2. The molecule has 0 N–H and O–H groups in total. The van der Waals surface area contributed by atoms with E-state index < -0.39 is 21.7 Å². The zero-order chi connectivity index (χ0) is 25.3. The van der Waals surface area contributed by atoms with Gasteiger partial charge in [0.2, 0.25) is 0 Å². The van der Waals surface area contributed by atoms with E-state index in [1.807, 2.05) is 0 Å². The van der Waals surface area contributed by atoms with Gasteiger partial charge in [0.05, 0.1) is 22.6 Å². The third-order valence-corrected chi connectivity index (χ3v) is 6.49. The first-order valence-corrected chi connectivity index (χ1v) is 11.6. The van der Waals surface area contributed by atoms with Crippen LogP contribution in [-0.4, -0.2) is 22.1 Å². The van der Waals surface area contributed by atoms with Crippen molar-refractivity contribution >= 4 is 35.0 Å². The van der Waals surface area contributed by atoms with Gasteiger partial charge in [0.1, 0.15) is 16.2 Å².